The van der Waals surface area contributed by atoms with E-state index in [0.717, 1.165) is 17.1 Å². The highest BCUT2D eigenvalue weighted by Gasteiger charge is 2.17. The molecule has 24 heavy (non-hydrogen) atoms. The molecule has 0 aliphatic rings. The maximum absolute atomic E-state index is 12.5. The Bertz CT molecular complexity index is 677. The summed E-state index contributed by atoms with van der Waals surface area (Å²) in [5.41, 5.74) is 3.66. The standard InChI is InChI=1S/C19H27N3O2/c1-13(9-15(3)23)11-21-19(24)18-10-14(2)22(16(18)4)12-17-7-5-6-8-20-17/h5-8,10,13,15,23H,9,11-12H2,1-4H3,(H,21,24). The van der Waals surface area contributed by atoms with Crippen LogP contribution in [-0.2, 0) is 6.54 Å². The topological polar surface area (TPSA) is 67.2 Å². The lowest BCUT2D eigenvalue weighted by Crippen LogP contribution is -2.29. The van der Waals surface area contributed by atoms with Gasteiger partial charge in [0, 0.05) is 24.1 Å². The number of amides is 1. The van der Waals surface area contributed by atoms with Gasteiger partial charge in [0.2, 0.25) is 0 Å². The van der Waals surface area contributed by atoms with Crippen molar-refractivity contribution in [1.82, 2.24) is 14.9 Å². The first-order valence-electron chi connectivity index (χ1n) is 8.41. The number of aliphatic hydroxyl groups is 1. The molecule has 2 rings (SSSR count). The summed E-state index contributed by atoms with van der Waals surface area (Å²) in [7, 11) is 0. The Hall–Kier alpha value is -2.14. The monoisotopic (exact) mass is 329 g/mol. The first kappa shape index (κ1) is 18.2. The molecule has 0 radical (unpaired) electrons. The second-order valence-corrected chi connectivity index (χ2v) is 6.59. The van der Waals surface area contributed by atoms with Gasteiger partial charge in [-0.25, -0.2) is 0 Å². The van der Waals surface area contributed by atoms with Gasteiger partial charge in [0.15, 0.2) is 0 Å². The summed E-state index contributed by atoms with van der Waals surface area (Å²) in [6, 6.07) is 7.77. The van der Waals surface area contributed by atoms with Crippen LogP contribution >= 0.6 is 0 Å². The highest BCUT2D eigenvalue weighted by Crippen LogP contribution is 2.17. The number of nitrogens with zero attached hydrogens (tertiary/aromatic N) is 2. The quantitative estimate of drug-likeness (QED) is 0.821. The van der Waals surface area contributed by atoms with Crippen LogP contribution in [-0.4, -0.2) is 33.2 Å². The molecule has 5 nitrogen and oxygen atoms in total. The van der Waals surface area contributed by atoms with Crippen molar-refractivity contribution in [1.29, 1.82) is 0 Å². The number of carbonyl (C=O) groups is 1. The van der Waals surface area contributed by atoms with Crippen LogP contribution in [0.2, 0.25) is 0 Å². The Morgan fingerprint density at radius 3 is 2.71 bits per heavy atom. The van der Waals surface area contributed by atoms with Gasteiger partial charge < -0.3 is 15.0 Å². The molecular weight excluding hydrogens is 302 g/mol. The zero-order valence-electron chi connectivity index (χ0n) is 14.9. The molecule has 0 aliphatic heterocycles. The van der Waals surface area contributed by atoms with E-state index in [-0.39, 0.29) is 17.9 Å². The fourth-order valence-corrected chi connectivity index (χ4v) is 2.96. The second-order valence-electron chi connectivity index (χ2n) is 6.59. The van der Waals surface area contributed by atoms with E-state index >= 15 is 0 Å². The SMILES string of the molecule is Cc1cc(C(=O)NCC(C)CC(C)O)c(C)n1Cc1ccccn1. The Kier molecular flexibility index (Phi) is 6.15. The van der Waals surface area contributed by atoms with Crippen molar-refractivity contribution in [2.45, 2.75) is 46.8 Å². The summed E-state index contributed by atoms with van der Waals surface area (Å²) in [5.74, 6) is 0.179. The summed E-state index contributed by atoms with van der Waals surface area (Å²) in [6.45, 7) is 8.98. The molecule has 0 bridgehead atoms. The molecule has 2 atom stereocenters. The molecule has 2 heterocycles. The van der Waals surface area contributed by atoms with Crippen molar-refractivity contribution in [3.05, 3.63) is 53.1 Å². The van der Waals surface area contributed by atoms with Crippen LogP contribution in [0.4, 0.5) is 0 Å². The number of aryl methyl sites for hydroxylation is 1. The van der Waals surface area contributed by atoms with Crippen LogP contribution in [0.1, 0.15) is 47.7 Å². The molecule has 0 saturated carbocycles. The largest absolute Gasteiger partial charge is 0.393 e. The molecular formula is C19H27N3O2. The van der Waals surface area contributed by atoms with Gasteiger partial charge >= 0.3 is 0 Å². The van der Waals surface area contributed by atoms with Crippen molar-refractivity contribution in [3.63, 3.8) is 0 Å². The smallest absolute Gasteiger partial charge is 0.253 e. The van der Waals surface area contributed by atoms with Gasteiger partial charge in [-0.1, -0.05) is 13.0 Å². The minimum atomic E-state index is -0.347. The molecule has 1 amide bonds. The van der Waals surface area contributed by atoms with E-state index in [1.807, 2.05) is 45.0 Å². The molecule has 2 aromatic heterocycles. The van der Waals surface area contributed by atoms with Gasteiger partial charge in [-0.3, -0.25) is 9.78 Å². The van der Waals surface area contributed by atoms with Crippen molar-refractivity contribution in [2.75, 3.05) is 6.54 Å². The lowest BCUT2D eigenvalue weighted by atomic mass is 10.0. The highest BCUT2D eigenvalue weighted by molar-refractivity contribution is 5.95. The van der Waals surface area contributed by atoms with Gasteiger partial charge in [0.1, 0.15) is 0 Å². The van der Waals surface area contributed by atoms with Gasteiger partial charge in [0.25, 0.3) is 5.91 Å². The number of carbonyl (C=O) groups excluding carboxylic acids is 1. The predicted molar refractivity (Wildman–Crippen MR) is 95.0 cm³/mol. The lowest BCUT2D eigenvalue weighted by molar-refractivity contribution is 0.0938. The zero-order chi connectivity index (χ0) is 17.7. The Labute approximate surface area is 143 Å². The molecule has 2 N–H and O–H groups in total. The number of aliphatic hydroxyl groups excluding tert-OH is 1. The molecule has 2 unspecified atom stereocenters. The van der Waals surface area contributed by atoms with Gasteiger partial charge in [-0.05, 0) is 51.3 Å². The molecule has 0 aromatic carbocycles. The van der Waals surface area contributed by atoms with E-state index in [4.69, 9.17) is 0 Å². The minimum absolute atomic E-state index is 0.0622. The van der Waals surface area contributed by atoms with E-state index in [1.54, 1.807) is 13.1 Å². The van der Waals surface area contributed by atoms with Gasteiger partial charge in [-0.15, -0.1) is 0 Å². The maximum atomic E-state index is 12.5. The average molecular weight is 329 g/mol. The van der Waals surface area contributed by atoms with Crippen LogP contribution in [0.5, 0.6) is 0 Å². The van der Waals surface area contributed by atoms with Crippen LogP contribution in [0.3, 0.4) is 0 Å². The molecule has 0 fully saturated rings. The summed E-state index contributed by atoms with van der Waals surface area (Å²) in [6.07, 6.45) is 2.11. The van der Waals surface area contributed by atoms with E-state index in [1.165, 1.54) is 0 Å². The van der Waals surface area contributed by atoms with Crippen molar-refractivity contribution in [3.8, 4) is 0 Å². The third-order valence-corrected chi connectivity index (χ3v) is 4.22. The third-order valence-electron chi connectivity index (χ3n) is 4.22. The predicted octanol–water partition coefficient (Wildman–Crippen LogP) is 2.69. The molecule has 0 spiro atoms. The van der Waals surface area contributed by atoms with E-state index in [0.29, 0.717) is 25.1 Å². The van der Waals surface area contributed by atoms with Gasteiger partial charge in [-0.2, -0.15) is 0 Å². The van der Waals surface area contributed by atoms with Crippen LogP contribution < -0.4 is 5.32 Å². The summed E-state index contributed by atoms with van der Waals surface area (Å²) < 4.78 is 2.11. The third kappa shape index (κ3) is 4.68. The van der Waals surface area contributed by atoms with Crippen molar-refractivity contribution >= 4 is 5.91 Å². The van der Waals surface area contributed by atoms with Crippen molar-refractivity contribution < 1.29 is 9.90 Å². The molecule has 0 aliphatic carbocycles. The van der Waals surface area contributed by atoms with Crippen LogP contribution in [0, 0.1) is 19.8 Å². The first-order valence-corrected chi connectivity index (χ1v) is 8.41. The van der Waals surface area contributed by atoms with Crippen LogP contribution in [0.15, 0.2) is 30.5 Å². The van der Waals surface area contributed by atoms with Gasteiger partial charge in [0.05, 0.1) is 23.9 Å². The summed E-state index contributed by atoms with van der Waals surface area (Å²) >= 11 is 0. The second kappa shape index (κ2) is 8.11. The van der Waals surface area contributed by atoms with E-state index in [2.05, 4.69) is 14.9 Å². The normalized spacial score (nSPS) is 13.5. The number of hydrogen-bond acceptors (Lipinski definition) is 3. The number of aromatic nitrogens is 2. The Morgan fingerprint density at radius 2 is 2.08 bits per heavy atom. The molecule has 0 saturated heterocycles. The fraction of sp³-hybridized carbons (Fsp3) is 0.474. The molecule has 130 valence electrons. The summed E-state index contributed by atoms with van der Waals surface area (Å²) in [4.78, 5) is 16.8. The fourth-order valence-electron chi connectivity index (χ4n) is 2.96. The van der Waals surface area contributed by atoms with E-state index in [9.17, 15) is 9.90 Å². The zero-order valence-corrected chi connectivity index (χ0v) is 14.9. The molecule has 2 aromatic rings. The number of pyridine rings is 1. The number of rotatable bonds is 7. The lowest BCUT2D eigenvalue weighted by Gasteiger charge is -2.14. The first-order chi connectivity index (χ1) is 11.4. The van der Waals surface area contributed by atoms with Crippen molar-refractivity contribution in [2.24, 2.45) is 5.92 Å². The average Bonchev–Trinajstić information content (AvgIpc) is 2.81. The number of hydrogen-bond donors (Lipinski definition) is 2. The molecule has 5 heteroatoms. The number of nitrogens with one attached hydrogen (secondary N) is 1. The van der Waals surface area contributed by atoms with Crippen LogP contribution in [0.25, 0.3) is 0 Å². The minimum Gasteiger partial charge on any atom is -0.393 e. The maximum Gasteiger partial charge on any atom is 0.253 e. The summed E-state index contributed by atoms with van der Waals surface area (Å²) in [5, 5.41) is 12.4. The van der Waals surface area contributed by atoms with E-state index < -0.39 is 0 Å². The Balaban J connectivity index is 2.06. The Morgan fingerprint density at radius 1 is 1.33 bits per heavy atom. The highest BCUT2D eigenvalue weighted by atomic mass is 16.3.